The van der Waals surface area contributed by atoms with E-state index in [0.29, 0.717) is 51.8 Å². The highest BCUT2D eigenvalue weighted by Crippen LogP contribution is 2.35. The fourth-order valence-corrected chi connectivity index (χ4v) is 6.08. The SMILES string of the molecule is O=C(CC[C@@H]1N=C2c3ccccc3N=C(SCc3cc(=O)n4cc(Cl)ccc4n3)N2C1=O)NCc1cccs1. The third kappa shape index (κ3) is 5.25. The third-order valence-electron chi connectivity index (χ3n) is 6.26. The van der Waals surface area contributed by atoms with E-state index in [2.05, 4.69) is 10.3 Å². The molecule has 2 aliphatic heterocycles. The van der Waals surface area contributed by atoms with Gasteiger partial charge in [0, 0.05) is 34.9 Å². The van der Waals surface area contributed by atoms with Crippen molar-refractivity contribution in [1.82, 2.24) is 19.6 Å². The van der Waals surface area contributed by atoms with Crippen molar-refractivity contribution in [3.05, 3.63) is 97.7 Å². The lowest BCUT2D eigenvalue weighted by Crippen LogP contribution is -2.41. The van der Waals surface area contributed by atoms with Crippen LogP contribution in [0.5, 0.6) is 0 Å². The Morgan fingerprint density at radius 3 is 2.85 bits per heavy atom. The van der Waals surface area contributed by atoms with Crippen LogP contribution in [-0.2, 0) is 21.9 Å². The van der Waals surface area contributed by atoms with Crippen molar-refractivity contribution < 1.29 is 9.59 Å². The van der Waals surface area contributed by atoms with Crippen LogP contribution in [0.15, 0.2) is 81.0 Å². The maximum atomic E-state index is 13.5. The molecule has 39 heavy (non-hydrogen) atoms. The summed E-state index contributed by atoms with van der Waals surface area (Å²) in [7, 11) is 0. The number of thiophene rings is 1. The number of aromatic nitrogens is 2. The van der Waals surface area contributed by atoms with E-state index in [1.165, 1.54) is 33.3 Å². The average Bonchev–Trinajstić information content (AvgIpc) is 3.58. The maximum Gasteiger partial charge on any atom is 0.259 e. The van der Waals surface area contributed by atoms with E-state index in [4.69, 9.17) is 21.6 Å². The van der Waals surface area contributed by atoms with Crippen molar-refractivity contribution in [3.63, 3.8) is 0 Å². The fraction of sp³-hybridized carbons (Fsp3) is 0.185. The van der Waals surface area contributed by atoms with Gasteiger partial charge in [0.2, 0.25) is 5.91 Å². The van der Waals surface area contributed by atoms with Gasteiger partial charge in [-0.3, -0.25) is 23.8 Å². The number of rotatable bonds is 7. The number of para-hydroxylation sites is 1. The number of fused-ring (bicyclic) bond motifs is 4. The maximum absolute atomic E-state index is 13.5. The minimum absolute atomic E-state index is 0.125. The number of thioether (sulfide) groups is 1. The third-order valence-corrected chi connectivity index (χ3v) is 8.33. The van der Waals surface area contributed by atoms with E-state index in [1.54, 1.807) is 23.5 Å². The van der Waals surface area contributed by atoms with Crippen molar-refractivity contribution in [2.24, 2.45) is 9.98 Å². The molecule has 196 valence electrons. The first-order chi connectivity index (χ1) is 19.0. The standard InChI is InChI=1S/C27H21ClN6O3S2/c28-16-7-9-22-30-17(12-24(36)33(22)14-16)15-39-27-32-20-6-2-1-5-19(20)25-31-21(26(37)34(25)27)8-10-23(35)29-13-18-4-3-11-38-18/h1-7,9,11-12,14,21H,8,10,13,15H2,(H,29,35)/t21-/m0/s1. The monoisotopic (exact) mass is 576 g/mol. The molecule has 4 aromatic rings. The second kappa shape index (κ2) is 10.8. The number of amidine groups is 2. The number of pyridine rings is 1. The van der Waals surface area contributed by atoms with Gasteiger partial charge in [-0.15, -0.1) is 11.3 Å². The van der Waals surface area contributed by atoms with Crippen LogP contribution in [0.2, 0.25) is 5.02 Å². The Labute approximate surface area is 236 Å². The lowest BCUT2D eigenvalue weighted by Gasteiger charge is -2.25. The molecule has 0 aliphatic carbocycles. The molecule has 0 saturated carbocycles. The van der Waals surface area contributed by atoms with Crippen LogP contribution in [-0.4, -0.2) is 43.1 Å². The van der Waals surface area contributed by atoms with Gasteiger partial charge in [-0.1, -0.05) is 41.6 Å². The smallest absolute Gasteiger partial charge is 0.259 e. The predicted octanol–water partition coefficient (Wildman–Crippen LogP) is 4.40. The van der Waals surface area contributed by atoms with Crippen molar-refractivity contribution in [1.29, 1.82) is 0 Å². The van der Waals surface area contributed by atoms with Crippen LogP contribution >= 0.6 is 34.7 Å². The Morgan fingerprint density at radius 1 is 1.13 bits per heavy atom. The number of halogens is 1. The highest BCUT2D eigenvalue weighted by molar-refractivity contribution is 8.13. The summed E-state index contributed by atoms with van der Waals surface area (Å²) in [4.78, 5) is 55.1. The van der Waals surface area contributed by atoms with Crippen LogP contribution < -0.4 is 10.9 Å². The highest BCUT2D eigenvalue weighted by atomic mass is 35.5. The van der Waals surface area contributed by atoms with Crippen LogP contribution in [0.1, 0.15) is 29.0 Å². The summed E-state index contributed by atoms with van der Waals surface area (Å²) in [5, 5.41) is 5.76. The topological polar surface area (TPSA) is 108 Å². The molecule has 0 spiro atoms. The van der Waals surface area contributed by atoms with E-state index in [1.807, 2.05) is 41.8 Å². The van der Waals surface area contributed by atoms with Crippen molar-refractivity contribution in [3.8, 4) is 0 Å². The molecule has 1 aromatic carbocycles. The molecule has 6 rings (SSSR count). The van der Waals surface area contributed by atoms with Gasteiger partial charge in [-0.2, -0.15) is 0 Å². The van der Waals surface area contributed by atoms with E-state index < -0.39 is 6.04 Å². The zero-order chi connectivity index (χ0) is 26.9. The Bertz CT molecular complexity index is 1720. The number of nitrogens with zero attached hydrogens (tertiary/aromatic N) is 5. The van der Waals surface area contributed by atoms with Gasteiger partial charge >= 0.3 is 0 Å². The molecule has 12 heteroatoms. The van der Waals surface area contributed by atoms with Crippen LogP contribution in [0.4, 0.5) is 5.69 Å². The summed E-state index contributed by atoms with van der Waals surface area (Å²) in [6.07, 6.45) is 2.00. The van der Waals surface area contributed by atoms with E-state index in [9.17, 15) is 14.4 Å². The number of amides is 2. The first kappa shape index (κ1) is 25.5. The number of nitrogens with one attached hydrogen (secondary N) is 1. The van der Waals surface area contributed by atoms with Crippen molar-refractivity contribution >= 4 is 68.9 Å². The summed E-state index contributed by atoms with van der Waals surface area (Å²) in [5.74, 6) is 0.499. The fourth-order valence-electron chi connectivity index (χ4n) is 4.38. The highest BCUT2D eigenvalue weighted by Gasteiger charge is 2.41. The molecular formula is C27H21ClN6O3S2. The van der Waals surface area contributed by atoms with Crippen molar-refractivity contribution in [2.45, 2.75) is 31.2 Å². The van der Waals surface area contributed by atoms with Gasteiger partial charge in [0.15, 0.2) is 5.17 Å². The number of aliphatic imine (C=N–C) groups is 2. The van der Waals surface area contributed by atoms with E-state index in [-0.39, 0.29) is 23.8 Å². The molecule has 0 bridgehead atoms. The first-order valence-electron chi connectivity index (χ1n) is 12.2. The molecule has 1 N–H and O–H groups in total. The van der Waals surface area contributed by atoms with Gasteiger partial charge in [0.25, 0.3) is 11.5 Å². The predicted molar refractivity (Wildman–Crippen MR) is 154 cm³/mol. The molecule has 2 aliphatic rings. The van der Waals surface area contributed by atoms with Gasteiger partial charge in [0.05, 0.1) is 22.9 Å². The molecule has 9 nitrogen and oxygen atoms in total. The van der Waals surface area contributed by atoms with Crippen LogP contribution in [0, 0.1) is 0 Å². The van der Waals surface area contributed by atoms with E-state index >= 15 is 0 Å². The lowest BCUT2D eigenvalue weighted by molar-refractivity contribution is -0.125. The van der Waals surface area contributed by atoms with Crippen molar-refractivity contribution in [2.75, 3.05) is 0 Å². The molecule has 0 unspecified atom stereocenters. The normalized spacial score (nSPS) is 16.1. The number of hydrogen-bond donors (Lipinski definition) is 1. The minimum atomic E-state index is -0.683. The minimum Gasteiger partial charge on any atom is -0.351 e. The Balaban J connectivity index is 1.19. The zero-order valence-corrected chi connectivity index (χ0v) is 22.8. The zero-order valence-electron chi connectivity index (χ0n) is 20.4. The Hall–Kier alpha value is -3.80. The summed E-state index contributed by atoms with van der Waals surface area (Å²) >= 11 is 8.90. The molecule has 0 fully saturated rings. The molecule has 2 amide bonds. The van der Waals surface area contributed by atoms with Gasteiger partial charge in [-0.05, 0) is 42.1 Å². The van der Waals surface area contributed by atoms with Gasteiger partial charge in [-0.25, -0.2) is 14.9 Å². The summed E-state index contributed by atoms with van der Waals surface area (Å²) in [5.41, 5.74) is 2.26. The molecular weight excluding hydrogens is 556 g/mol. The van der Waals surface area contributed by atoms with Crippen LogP contribution in [0.25, 0.3) is 5.65 Å². The average molecular weight is 577 g/mol. The molecule has 5 heterocycles. The molecule has 0 radical (unpaired) electrons. The number of hydrogen-bond acceptors (Lipinski definition) is 8. The summed E-state index contributed by atoms with van der Waals surface area (Å²) in [6, 6.07) is 15.5. The molecule has 1 atom stereocenters. The summed E-state index contributed by atoms with van der Waals surface area (Å²) < 4.78 is 1.39. The Kier molecular flexibility index (Phi) is 7.03. The Morgan fingerprint density at radius 2 is 2.00 bits per heavy atom. The van der Waals surface area contributed by atoms with Gasteiger partial charge < -0.3 is 5.32 Å². The second-order valence-electron chi connectivity index (χ2n) is 8.90. The van der Waals surface area contributed by atoms with E-state index in [0.717, 1.165) is 10.4 Å². The molecule has 3 aromatic heterocycles. The first-order valence-corrected chi connectivity index (χ1v) is 14.4. The number of carbonyl (C=O) groups is 2. The second-order valence-corrected chi connectivity index (χ2v) is 11.3. The lowest BCUT2D eigenvalue weighted by atomic mass is 10.1. The summed E-state index contributed by atoms with van der Waals surface area (Å²) in [6.45, 7) is 0.468. The van der Waals surface area contributed by atoms with Gasteiger partial charge in [0.1, 0.15) is 17.5 Å². The quantitative estimate of drug-likeness (QED) is 0.351. The molecule has 0 saturated heterocycles. The largest absolute Gasteiger partial charge is 0.351 e. The van der Waals surface area contributed by atoms with Crippen LogP contribution in [0.3, 0.4) is 0 Å². The number of carbonyl (C=O) groups excluding carboxylic acids is 2. The number of benzene rings is 1.